The average molecular weight is 430 g/mol. The van der Waals surface area contributed by atoms with Gasteiger partial charge in [0.05, 0.1) is 17.9 Å². The van der Waals surface area contributed by atoms with Crippen LogP contribution in [-0.2, 0) is 19.1 Å². The molecule has 8 nitrogen and oxygen atoms in total. The van der Waals surface area contributed by atoms with E-state index in [9.17, 15) is 14.4 Å². The van der Waals surface area contributed by atoms with Crippen LogP contribution in [0.4, 0.5) is 5.69 Å². The molecule has 3 aliphatic heterocycles. The van der Waals surface area contributed by atoms with Gasteiger partial charge in [-0.1, -0.05) is 18.2 Å². The molecule has 4 rings (SSSR count). The molecule has 0 aromatic heterocycles. The summed E-state index contributed by atoms with van der Waals surface area (Å²) in [5.41, 5.74) is -0.304. The van der Waals surface area contributed by atoms with Crippen molar-refractivity contribution < 1.29 is 24.2 Å². The number of hydrogen-bond acceptors (Lipinski definition) is 5. The van der Waals surface area contributed by atoms with Gasteiger partial charge in [0.1, 0.15) is 11.6 Å². The summed E-state index contributed by atoms with van der Waals surface area (Å²) < 4.78 is 6.34. The first kappa shape index (κ1) is 21.8. The molecule has 31 heavy (non-hydrogen) atoms. The van der Waals surface area contributed by atoms with E-state index in [0.29, 0.717) is 37.9 Å². The first-order valence-electron chi connectivity index (χ1n) is 11.1. The summed E-state index contributed by atoms with van der Waals surface area (Å²) in [5, 5.41) is 15.0. The van der Waals surface area contributed by atoms with E-state index in [4.69, 9.17) is 9.84 Å². The van der Waals surface area contributed by atoms with Crippen molar-refractivity contribution in [3.05, 3.63) is 30.3 Å². The number of ether oxygens (including phenoxy) is 1. The number of carbonyl (C=O) groups excluding carboxylic acids is 3. The number of nitrogens with zero attached hydrogens (tertiary/aromatic N) is 1. The lowest BCUT2D eigenvalue weighted by Crippen LogP contribution is -2.56. The second-order valence-corrected chi connectivity index (χ2v) is 9.04. The summed E-state index contributed by atoms with van der Waals surface area (Å²) in [7, 11) is 0. The Morgan fingerprint density at radius 2 is 1.97 bits per heavy atom. The lowest BCUT2D eigenvalue weighted by molar-refractivity contribution is -0.141. The Bertz CT molecular complexity index is 845. The number of para-hydroxylation sites is 1. The highest BCUT2D eigenvalue weighted by molar-refractivity contribution is 6.02. The molecule has 3 aliphatic rings. The topological polar surface area (TPSA) is 108 Å². The zero-order valence-corrected chi connectivity index (χ0v) is 18.0. The van der Waals surface area contributed by atoms with Crippen molar-refractivity contribution in [2.24, 2.45) is 11.8 Å². The maximum atomic E-state index is 13.6. The second kappa shape index (κ2) is 8.59. The van der Waals surface area contributed by atoms with Crippen LogP contribution >= 0.6 is 0 Å². The summed E-state index contributed by atoms with van der Waals surface area (Å²) in [4.78, 5) is 41.6. The zero-order valence-electron chi connectivity index (χ0n) is 18.0. The normalized spacial score (nSPS) is 31.2. The van der Waals surface area contributed by atoms with E-state index in [0.717, 1.165) is 0 Å². The van der Waals surface area contributed by atoms with E-state index in [2.05, 4.69) is 10.6 Å². The minimum Gasteiger partial charge on any atom is -0.396 e. The van der Waals surface area contributed by atoms with E-state index in [1.807, 2.05) is 32.0 Å². The van der Waals surface area contributed by atoms with E-state index in [1.165, 1.54) is 0 Å². The third-order valence-electron chi connectivity index (χ3n) is 6.63. The minimum atomic E-state index is -0.974. The summed E-state index contributed by atoms with van der Waals surface area (Å²) in [6.45, 7) is 4.14. The number of anilines is 1. The fraction of sp³-hybridized carbons (Fsp3) is 0.609. The maximum Gasteiger partial charge on any atom is 0.246 e. The highest BCUT2D eigenvalue weighted by atomic mass is 16.5. The Morgan fingerprint density at radius 3 is 2.65 bits per heavy atom. The number of nitrogens with one attached hydrogen (secondary N) is 2. The zero-order chi connectivity index (χ0) is 22.2. The molecule has 1 spiro atoms. The van der Waals surface area contributed by atoms with Gasteiger partial charge in [-0.25, -0.2) is 0 Å². The fourth-order valence-electron chi connectivity index (χ4n) is 5.50. The molecule has 2 unspecified atom stereocenters. The number of fused-ring (bicyclic) bond motifs is 1. The van der Waals surface area contributed by atoms with Crippen molar-refractivity contribution in [1.29, 1.82) is 0 Å². The van der Waals surface area contributed by atoms with Gasteiger partial charge in [0.25, 0.3) is 0 Å². The molecule has 3 saturated heterocycles. The molecule has 5 atom stereocenters. The molecular weight excluding hydrogens is 398 g/mol. The SMILES string of the molecule is CC(C)NC(=O)C1N(CCCCO)C(=O)[C@@H]2[C@@H](C(=O)Nc3ccccc3)[C@H]3CCC12O3. The molecule has 0 radical (unpaired) electrons. The summed E-state index contributed by atoms with van der Waals surface area (Å²) in [6, 6.07) is 8.32. The predicted octanol–water partition coefficient (Wildman–Crippen LogP) is 1.30. The van der Waals surface area contributed by atoms with Gasteiger partial charge in [-0.2, -0.15) is 0 Å². The van der Waals surface area contributed by atoms with Crippen molar-refractivity contribution in [3.8, 4) is 0 Å². The van der Waals surface area contributed by atoms with E-state index in [-0.39, 0.29) is 36.5 Å². The van der Waals surface area contributed by atoms with Crippen molar-refractivity contribution in [3.63, 3.8) is 0 Å². The van der Waals surface area contributed by atoms with Crippen molar-refractivity contribution in [2.75, 3.05) is 18.5 Å². The van der Waals surface area contributed by atoms with Gasteiger partial charge in [-0.15, -0.1) is 0 Å². The average Bonchev–Trinajstić information content (AvgIpc) is 3.36. The molecule has 3 heterocycles. The Labute approximate surface area is 182 Å². The largest absolute Gasteiger partial charge is 0.396 e. The van der Waals surface area contributed by atoms with Gasteiger partial charge in [-0.3, -0.25) is 14.4 Å². The van der Waals surface area contributed by atoms with Gasteiger partial charge >= 0.3 is 0 Å². The number of amides is 3. The van der Waals surface area contributed by atoms with Crippen molar-refractivity contribution in [2.45, 2.75) is 63.3 Å². The Balaban J connectivity index is 1.63. The molecule has 3 amide bonds. The van der Waals surface area contributed by atoms with Gasteiger partial charge in [-0.05, 0) is 51.7 Å². The van der Waals surface area contributed by atoms with Crippen molar-refractivity contribution in [1.82, 2.24) is 10.2 Å². The van der Waals surface area contributed by atoms with Gasteiger partial charge < -0.3 is 25.4 Å². The van der Waals surface area contributed by atoms with Crippen LogP contribution < -0.4 is 10.6 Å². The molecular formula is C23H31N3O5. The molecule has 2 bridgehead atoms. The third-order valence-corrected chi connectivity index (χ3v) is 6.63. The number of benzene rings is 1. The van der Waals surface area contributed by atoms with Crippen molar-refractivity contribution >= 4 is 23.4 Å². The Morgan fingerprint density at radius 1 is 1.23 bits per heavy atom. The summed E-state index contributed by atoms with van der Waals surface area (Å²) in [5.74, 6) is -1.97. The molecule has 168 valence electrons. The van der Waals surface area contributed by atoms with Gasteiger partial charge in [0.2, 0.25) is 17.7 Å². The third kappa shape index (κ3) is 3.72. The quantitative estimate of drug-likeness (QED) is 0.540. The van der Waals surface area contributed by atoms with E-state index in [1.54, 1.807) is 17.0 Å². The standard InChI is InChI=1S/C23H31N3O5/c1-14(2)24-21(29)19-23-11-10-16(31-23)17(20(28)25-15-8-4-3-5-9-15)18(23)22(30)26(19)12-6-7-13-27/h3-5,8-9,14,16-19,27H,6-7,10-13H2,1-2H3,(H,24,29)(H,25,28)/t16-,17+,18+,19?,23?/m1/s1. The highest BCUT2D eigenvalue weighted by Gasteiger charge is 2.74. The smallest absolute Gasteiger partial charge is 0.246 e. The minimum absolute atomic E-state index is 0.0279. The number of aliphatic hydroxyl groups excluding tert-OH is 1. The van der Waals surface area contributed by atoms with Crippen LogP contribution in [0.15, 0.2) is 30.3 Å². The van der Waals surface area contributed by atoms with Gasteiger partial charge in [0, 0.05) is 24.9 Å². The lowest BCUT2D eigenvalue weighted by atomic mass is 9.70. The molecule has 0 saturated carbocycles. The lowest BCUT2D eigenvalue weighted by Gasteiger charge is -2.34. The number of unbranched alkanes of at least 4 members (excludes halogenated alkanes) is 1. The molecule has 3 N–H and O–H groups in total. The van der Waals surface area contributed by atoms with Crippen LogP contribution in [0.25, 0.3) is 0 Å². The molecule has 1 aromatic carbocycles. The number of hydrogen-bond donors (Lipinski definition) is 3. The highest BCUT2D eigenvalue weighted by Crippen LogP contribution is 2.58. The molecule has 8 heteroatoms. The van der Waals surface area contributed by atoms with Crippen LogP contribution in [0.2, 0.25) is 0 Å². The molecule has 1 aromatic rings. The summed E-state index contributed by atoms with van der Waals surface area (Å²) >= 11 is 0. The molecule has 3 fully saturated rings. The maximum absolute atomic E-state index is 13.6. The Kier molecular flexibility index (Phi) is 6.03. The van der Waals surface area contributed by atoms with E-state index < -0.39 is 23.5 Å². The number of aliphatic hydroxyl groups is 1. The fourth-order valence-corrected chi connectivity index (χ4v) is 5.50. The first-order chi connectivity index (χ1) is 14.9. The molecule has 0 aliphatic carbocycles. The van der Waals surface area contributed by atoms with Crippen LogP contribution in [0.3, 0.4) is 0 Å². The number of carbonyl (C=O) groups is 3. The van der Waals surface area contributed by atoms with E-state index >= 15 is 0 Å². The predicted molar refractivity (Wildman–Crippen MR) is 114 cm³/mol. The van der Waals surface area contributed by atoms with Crippen LogP contribution in [-0.4, -0.2) is 64.7 Å². The Hall–Kier alpha value is -2.45. The van der Waals surface area contributed by atoms with Crippen LogP contribution in [0.1, 0.15) is 39.5 Å². The monoisotopic (exact) mass is 429 g/mol. The van der Waals surface area contributed by atoms with Crippen LogP contribution in [0.5, 0.6) is 0 Å². The van der Waals surface area contributed by atoms with Crippen LogP contribution in [0, 0.1) is 11.8 Å². The first-order valence-corrected chi connectivity index (χ1v) is 11.1. The summed E-state index contributed by atoms with van der Waals surface area (Å²) in [6.07, 6.45) is 1.98. The number of likely N-dealkylation sites (tertiary alicyclic amines) is 1. The second-order valence-electron chi connectivity index (χ2n) is 9.04. The number of rotatable bonds is 8. The van der Waals surface area contributed by atoms with Gasteiger partial charge in [0.15, 0.2) is 0 Å².